The molecule has 2 fully saturated rings. The molecule has 17 heteroatoms. The second-order valence-electron chi connectivity index (χ2n) is 9.05. The minimum absolute atomic E-state index is 0.442. The smallest absolute Gasteiger partial charge is 0.475 e. The van der Waals surface area contributed by atoms with E-state index < -0.39 is 24.3 Å². The minimum Gasteiger partial charge on any atom is -0.475 e. The summed E-state index contributed by atoms with van der Waals surface area (Å²) in [7, 11) is 0. The van der Waals surface area contributed by atoms with Gasteiger partial charge in [-0.2, -0.15) is 31.4 Å². The summed E-state index contributed by atoms with van der Waals surface area (Å²) in [6.07, 6.45) is -2.28. The number of anilines is 1. The van der Waals surface area contributed by atoms with Crippen LogP contribution in [0.4, 0.5) is 32.0 Å². The van der Waals surface area contributed by atoms with E-state index in [0.29, 0.717) is 5.92 Å². The van der Waals surface area contributed by atoms with Gasteiger partial charge in [0, 0.05) is 31.1 Å². The number of morpholine rings is 1. The van der Waals surface area contributed by atoms with Crippen molar-refractivity contribution in [2.24, 2.45) is 0 Å². The molecule has 2 aliphatic heterocycles. The summed E-state index contributed by atoms with van der Waals surface area (Å²) in [6.45, 7) is 6.56. The van der Waals surface area contributed by atoms with Crippen LogP contribution in [-0.2, 0) is 20.9 Å². The number of fused-ring (bicyclic) bond motifs is 1. The van der Waals surface area contributed by atoms with Crippen molar-refractivity contribution in [3.63, 3.8) is 0 Å². The largest absolute Gasteiger partial charge is 0.490 e. The second kappa shape index (κ2) is 13.7. The van der Waals surface area contributed by atoms with E-state index in [2.05, 4.69) is 28.1 Å². The molecule has 0 aliphatic carbocycles. The van der Waals surface area contributed by atoms with E-state index in [1.54, 1.807) is 6.26 Å². The number of hydrogen-bond acceptors (Lipinski definition) is 8. The molecule has 226 valence electrons. The van der Waals surface area contributed by atoms with Gasteiger partial charge in [-0.25, -0.2) is 19.1 Å². The fraction of sp³-hybridized carbons (Fsp3) is 0.500. The maximum Gasteiger partial charge on any atom is 0.490 e. The Hall–Kier alpha value is -3.86. The number of aliphatic carboxylic acids is 2. The summed E-state index contributed by atoms with van der Waals surface area (Å²) < 4.78 is 76.0. The molecular weight excluding hydrogens is 568 g/mol. The topological polar surface area (TPSA) is 134 Å². The molecule has 5 rings (SSSR count). The zero-order valence-electron chi connectivity index (χ0n) is 21.4. The summed E-state index contributed by atoms with van der Waals surface area (Å²) >= 11 is 0. The Kier molecular flexibility index (Phi) is 10.6. The fourth-order valence-electron chi connectivity index (χ4n) is 4.06. The van der Waals surface area contributed by atoms with Gasteiger partial charge in [-0.05, 0) is 44.1 Å². The van der Waals surface area contributed by atoms with Crippen LogP contribution < -0.4 is 4.90 Å². The van der Waals surface area contributed by atoms with Gasteiger partial charge in [0.25, 0.3) is 0 Å². The number of aromatic nitrogens is 3. The lowest BCUT2D eigenvalue weighted by atomic mass is 9.96. The van der Waals surface area contributed by atoms with Crippen LogP contribution >= 0.6 is 0 Å². The zero-order chi connectivity index (χ0) is 30.2. The van der Waals surface area contributed by atoms with E-state index in [4.69, 9.17) is 39.0 Å². The van der Waals surface area contributed by atoms with Crippen molar-refractivity contribution < 1.29 is 55.3 Å². The maximum atomic E-state index is 10.6. The minimum atomic E-state index is -5.08. The van der Waals surface area contributed by atoms with Crippen LogP contribution in [0.2, 0.25) is 0 Å². The Morgan fingerprint density at radius 3 is 2.02 bits per heavy atom. The number of piperidine rings is 1. The Labute approximate surface area is 228 Å². The van der Waals surface area contributed by atoms with Crippen molar-refractivity contribution in [2.75, 3.05) is 44.3 Å². The lowest BCUT2D eigenvalue weighted by molar-refractivity contribution is -0.193. The standard InChI is InChI=1S/C20H25N5O2.2C2HF3O2/c1-2-19-21-20(22-25(19)14-18(1)24-8-11-26-12-9-24)17-3-6-23(7-4-17)13-16-5-10-27-15-16;2*3-2(4,5)1(6)7/h1-2,5,10,14-15,17H,3-4,6-9,11-13H2;2*(H,6,7). The summed E-state index contributed by atoms with van der Waals surface area (Å²) in [4.78, 5) is 27.4. The van der Waals surface area contributed by atoms with Crippen molar-refractivity contribution in [1.82, 2.24) is 19.5 Å². The average molecular weight is 595 g/mol. The fourth-order valence-corrected chi connectivity index (χ4v) is 4.06. The van der Waals surface area contributed by atoms with E-state index in [9.17, 15) is 26.3 Å². The molecule has 0 bridgehead atoms. The molecule has 3 aromatic rings. The number of carbonyl (C=O) groups is 2. The number of nitrogens with zero attached hydrogens (tertiary/aromatic N) is 5. The highest BCUT2D eigenvalue weighted by Crippen LogP contribution is 2.27. The molecule has 0 unspecified atom stereocenters. The molecule has 0 saturated carbocycles. The molecule has 0 spiro atoms. The van der Waals surface area contributed by atoms with Crippen LogP contribution in [0.1, 0.15) is 30.1 Å². The predicted molar refractivity (Wildman–Crippen MR) is 129 cm³/mol. The Morgan fingerprint density at radius 2 is 1.51 bits per heavy atom. The molecule has 3 aromatic heterocycles. The van der Waals surface area contributed by atoms with Crippen molar-refractivity contribution in [2.45, 2.75) is 37.7 Å². The van der Waals surface area contributed by atoms with E-state index in [-0.39, 0.29) is 0 Å². The van der Waals surface area contributed by atoms with E-state index in [1.165, 1.54) is 11.3 Å². The number of likely N-dealkylation sites (tertiary alicyclic amines) is 1. The first-order valence-corrected chi connectivity index (χ1v) is 12.3. The number of halogens is 6. The van der Waals surface area contributed by atoms with Crippen LogP contribution in [0.3, 0.4) is 0 Å². The van der Waals surface area contributed by atoms with Gasteiger partial charge in [0.15, 0.2) is 11.5 Å². The van der Waals surface area contributed by atoms with Crippen LogP contribution in [0, 0.1) is 0 Å². The number of furan rings is 1. The Morgan fingerprint density at radius 1 is 0.927 bits per heavy atom. The van der Waals surface area contributed by atoms with Gasteiger partial charge >= 0.3 is 24.3 Å². The van der Waals surface area contributed by atoms with Crippen LogP contribution in [0.15, 0.2) is 41.3 Å². The first-order chi connectivity index (χ1) is 19.2. The van der Waals surface area contributed by atoms with Gasteiger partial charge in [0.05, 0.1) is 37.6 Å². The first-order valence-electron chi connectivity index (χ1n) is 12.3. The summed E-state index contributed by atoms with van der Waals surface area (Å²) in [5.74, 6) is -4.09. The third-order valence-corrected chi connectivity index (χ3v) is 6.13. The number of alkyl halides is 6. The Balaban J connectivity index is 0.000000276. The summed E-state index contributed by atoms with van der Waals surface area (Å²) in [5.41, 5.74) is 3.37. The summed E-state index contributed by atoms with van der Waals surface area (Å²) in [6, 6.07) is 6.27. The average Bonchev–Trinajstić information content (AvgIpc) is 3.59. The monoisotopic (exact) mass is 595 g/mol. The van der Waals surface area contributed by atoms with Gasteiger partial charge in [0.2, 0.25) is 0 Å². The summed E-state index contributed by atoms with van der Waals surface area (Å²) in [5, 5.41) is 19.1. The predicted octanol–water partition coefficient (Wildman–Crippen LogP) is 3.81. The number of carboxylic acid groups (broad SMARTS) is 2. The third kappa shape index (κ3) is 9.63. The van der Waals surface area contributed by atoms with Gasteiger partial charge in [-0.3, -0.25) is 4.90 Å². The molecular formula is C24H27F6N5O6. The van der Waals surface area contributed by atoms with Crippen molar-refractivity contribution in [1.29, 1.82) is 0 Å². The van der Waals surface area contributed by atoms with E-state index in [0.717, 1.165) is 70.3 Å². The van der Waals surface area contributed by atoms with Crippen LogP contribution in [0.25, 0.3) is 5.65 Å². The van der Waals surface area contributed by atoms with Gasteiger partial charge in [0.1, 0.15) is 0 Å². The third-order valence-electron chi connectivity index (χ3n) is 6.13. The molecule has 0 radical (unpaired) electrons. The number of rotatable bonds is 4. The molecule has 2 aliphatic rings. The lowest BCUT2D eigenvalue weighted by Gasteiger charge is -2.30. The molecule has 11 nitrogen and oxygen atoms in total. The normalized spacial score (nSPS) is 16.9. The van der Waals surface area contributed by atoms with Crippen molar-refractivity contribution in [3.05, 3.63) is 48.3 Å². The van der Waals surface area contributed by atoms with E-state index in [1.807, 2.05) is 16.8 Å². The van der Waals surface area contributed by atoms with Gasteiger partial charge in [-0.1, -0.05) is 0 Å². The first kappa shape index (κ1) is 31.7. The SMILES string of the molecule is O=C(O)C(F)(F)F.O=C(O)C(F)(F)F.c1cc(CN2CCC(c3nc4ccc(N5CCOCC5)cn4n3)CC2)co1. The van der Waals surface area contributed by atoms with Crippen LogP contribution in [-0.4, -0.2) is 93.4 Å². The zero-order valence-corrected chi connectivity index (χ0v) is 21.4. The highest BCUT2D eigenvalue weighted by Gasteiger charge is 2.38. The number of carboxylic acids is 2. The highest BCUT2D eigenvalue weighted by molar-refractivity contribution is 5.73. The molecule has 0 aromatic carbocycles. The van der Waals surface area contributed by atoms with Crippen molar-refractivity contribution in [3.8, 4) is 0 Å². The molecule has 5 heterocycles. The number of hydrogen-bond donors (Lipinski definition) is 2. The lowest BCUT2D eigenvalue weighted by Crippen LogP contribution is -2.36. The number of pyridine rings is 1. The second-order valence-corrected chi connectivity index (χ2v) is 9.05. The quantitative estimate of drug-likeness (QED) is 0.429. The van der Waals surface area contributed by atoms with Crippen LogP contribution in [0.5, 0.6) is 0 Å². The number of ether oxygens (including phenoxy) is 1. The molecule has 41 heavy (non-hydrogen) atoms. The Bertz CT molecular complexity index is 1240. The van der Waals surface area contributed by atoms with Gasteiger partial charge < -0.3 is 24.3 Å². The maximum absolute atomic E-state index is 10.6. The van der Waals surface area contributed by atoms with E-state index >= 15 is 0 Å². The molecule has 0 amide bonds. The molecule has 0 atom stereocenters. The van der Waals surface area contributed by atoms with Gasteiger partial charge in [-0.15, -0.1) is 0 Å². The molecule has 2 saturated heterocycles. The van der Waals surface area contributed by atoms with Crippen molar-refractivity contribution >= 4 is 23.3 Å². The molecule has 2 N–H and O–H groups in total. The highest BCUT2D eigenvalue weighted by atomic mass is 19.4.